The smallest absolute Gasteiger partial charge is 0.759 e. The van der Waals surface area contributed by atoms with Crippen molar-refractivity contribution < 1.29 is 121 Å². The molecule has 1 N–H and O–H groups in total. The molecule has 0 radical (unpaired) electrons. The molecule has 0 bridgehead atoms. The fourth-order valence-electron chi connectivity index (χ4n) is 2.48. The average Bonchev–Trinajstić information content (AvgIpc) is 2.55. The van der Waals surface area contributed by atoms with Gasteiger partial charge in [0.2, 0.25) is 0 Å². The van der Waals surface area contributed by atoms with Crippen molar-refractivity contribution in [1.29, 1.82) is 0 Å². The quantitative estimate of drug-likeness (QED) is 0.0815. The number of unbranched alkanes of at least 4 members (excludes halogenated alkanes) is 7. The summed E-state index contributed by atoms with van der Waals surface area (Å²) in [5.74, 6) is -1.25. The summed E-state index contributed by atoms with van der Waals surface area (Å²) in [6.07, 6.45) is 16.8. The van der Waals surface area contributed by atoms with Crippen molar-refractivity contribution in [2.75, 3.05) is 0 Å². The molecule has 0 saturated carbocycles. The zero-order chi connectivity index (χ0) is 21.1. The number of aliphatic hydroxyl groups excluding tert-OH is 1. The van der Waals surface area contributed by atoms with Crippen molar-refractivity contribution in [2.24, 2.45) is 5.92 Å². The van der Waals surface area contributed by atoms with Crippen molar-refractivity contribution in [3.05, 3.63) is 12.2 Å². The molecular formula is C19H35Na3O7S. The summed E-state index contributed by atoms with van der Waals surface area (Å²) in [5, 5.41) is 20.4. The predicted molar refractivity (Wildman–Crippen MR) is 101 cm³/mol. The van der Waals surface area contributed by atoms with Crippen LogP contribution in [0.25, 0.3) is 0 Å². The third kappa shape index (κ3) is 43.8. The van der Waals surface area contributed by atoms with Gasteiger partial charge in [-0.3, -0.25) is 8.42 Å². The van der Waals surface area contributed by atoms with Gasteiger partial charge in [-0.2, -0.15) is 0 Å². The number of hydrogen-bond acceptors (Lipinski definition) is 7. The second kappa shape index (κ2) is 29.1. The first-order valence-electron chi connectivity index (χ1n) is 9.78. The van der Waals surface area contributed by atoms with E-state index >= 15 is 0 Å². The fraction of sp³-hybridized carbons (Fsp3) is 0.842. The first-order chi connectivity index (χ1) is 12.6. The molecular weight excluding hydrogens is 441 g/mol. The minimum absolute atomic E-state index is 0. The molecule has 0 aliphatic rings. The molecule has 0 aliphatic carbocycles. The third-order valence-corrected chi connectivity index (χ3v) is 4.13. The minimum atomic E-state index is -5.17. The number of carboxylic acid groups (broad SMARTS) is 1. The summed E-state index contributed by atoms with van der Waals surface area (Å²) < 4.78 is 34.1. The van der Waals surface area contributed by atoms with E-state index < -0.39 is 16.4 Å². The molecule has 30 heavy (non-hydrogen) atoms. The second-order valence-corrected chi connectivity index (χ2v) is 7.65. The van der Waals surface area contributed by atoms with Gasteiger partial charge < -0.3 is 24.1 Å². The van der Waals surface area contributed by atoms with Crippen LogP contribution in [0.1, 0.15) is 90.9 Å². The van der Waals surface area contributed by atoms with Crippen molar-refractivity contribution in [1.82, 2.24) is 0 Å². The summed E-state index contributed by atoms with van der Waals surface area (Å²) in [7, 11) is -5.17. The van der Waals surface area contributed by atoms with Gasteiger partial charge in [-0.15, -0.1) is 0 Å². The van der Waals surface area contributed by atoms with Crippen LogP contribution in [-0.2, 0) is 15.2 Å². The number of rotatable bonds is 15. The molecule has 7 nitrogen and oxygen atoms in total. The Balaban J connectivity index is -0.000000232. The Morgan fingerprint density at radius 2 is 1.37 bits per heavy atom. The van der Waals surface area contributed by atoms with Crippen molar-refractivity contribution in [2.45, 2.75) is 97.0 Å². The number of carboxylic acids is 1. The van der Waals surface area contributed by atoms with Gasteiger partial charge in [0, 0.05) is 16.4 Å². The van der Waals surface area contributed by atoms with Gasteiger partial charge in [0.05, 0.1) is 6.10 Å². The van der Waals surface area contributed by atoms with Crippen LogP contribution in [0, 0.1) is 5.92 Å². The molecule has 1 unspecified atom stereocenters. The second-order valence-electron chi connectivity index (χ2n) is 6.83. The normalized spacial score (nSPS) is 12.4. The van der Waals surface area contributed by atoms with Gasteiger partial charge in [0.1, 0.15) is 0 Å². The molecule has 0 aromatic heterocycles. The standard InChI is InChI=1S/C19H36O3.3Na.H2O4S/c1-3-4-5-12-15-18(20)16-13-10-8-6-7-9-11-14-17(2)19(21)22;;;;1-5(2,3)4/h10,13,17-18,20H,3-9,11-12,14-16H2,1-2H3,(H,21,22);;;;(H2,1,2,3,4)/q;3*+1;/p-3/b13-10-;;;;/t17?,18-;;;;/m1..../s1. The maximum absolute atomic E-state index is 10.6. The maximum atomic E-state index is 10.6. The maximum Gasteiger partial charge on any atom is 1.00 e. The Labute approximate surface area is 249 Å². The number of aliphatic hydroxyl groups is 1. The van der Waals surface area contributed by atoms with Gasteiger partial charge in [-0.25, -0.2) is 0 Å². The first kappa shape index (κ1) is 42.2. The van der Waals surface area contributed by atoms with E-state index in [0.29, 0.717) is 0 Å². The van der Waals surface area contributed by atoms with Crippen LogP contribution in [0.5, 0.6) is 0 Å². The molecule has 162 valence electrons. The third-order valence-electron chi connectivity index (χ3n) is 4.13. The zero-order valence-corrected chi connectivity index (χ0v) is 26.4. The van der Waals surface area contributed by atoms with Crippen LogP contribution in [0.2, 0.25) is 0 Å². The van der Waals surface area contributed by atoms with Gasteiger partial charge in [-0.1, -0.05) is 70.9 Å². The molecule has 0 aliphatic heterocycles. The van der Waals surface area contributed by atoms with Gasteiger partial charge in [0.15, 0.2) is 0 Å². The minimum Gasteiger partial charge on any atom is -0.759 e. The summed E-state index contributed by atoms with van der Waals surface area (Å²) in [4.78, 5) is 10.6. The number of allylic oxidation sites excluding steroid dienone is 1. The fourth-order valence-corrected chi connectivity index (χ4v) is 2.48. The van der Waals surface area contributed by atoms with E-state index in [0.717, 1.165) is 57.8 Å². The van der Waals surface area contributed by atoms with Gasteiger partial charge >= 0.3 is 88.7 Å². The van der Waals surface area contributed by atoms with Crippen LogP contribution in [0.15, 0.2) is 12.2 Å². The van der Waals surface area contributed by atoms with Gasteiger partial charge in [-0.05, 0) is 38.0 Å². The monoisotopic (exact) mass is 476 g/mol. The Morgan fingerprint density at radius 3 is 1.87 bits per heavy atom. The molecule has 2 atom stereocenters. The number of hydrogen-bond donors (Lipinski definition) is 1. The predicted octanol–water partition coefficient (Wildman–Crippen LogP) is -6.34. The van der Waals surface area contributed by atoms with E-state index in [1.807, 2.05) is 0 Å². The number of carbonyl (C=O) groups is 1. The number of carbonyl (C=O) groups excluding carboxylic acids is 1. The van der Waals surface area contributed by atoms with Crippen LogP contribution >= 0.6 is 0 Å². The van der Waals surface area contributed by atoms with Crippen molar-refractivity contribution >= 4 is 16.4 Å². The van der Waals surface area contributed by atoms with Crippen LogP contribution in [-0.4, -0.2) is 34.7 Å². The summed E-state index contributed by atoms with van der Waals surface area (Å²) >= 11 is 0. The van der Waals surface area contributed by atoms with E-state index in [9.17, 15) is 15.0 Å². The largest absolute Gasteiger partial charge is 1.00 e. The average molecular weight is 477 g/mol. The zero-order valence-electron chi connectivity index (χ0n) is 19.6. The van der Waals surface area contributed by atoms with Crippen molar-refractivity contribution in [3.63, 3.8) is 0 Å². The summed E-state index contributed by atoms with van der Waals surface area (Å²) in [6, 6.07) is 0. The molecule has 0 aromatic rings. The summed E-state index contributed by atoms with van der Waals surface area (Å²) in [5.41, 5.74) is 0. The number of aliphatic carboxylic acids is 1. The topological polar surface area (TPSA) is 141 Å². The molecule has 0 amide bonds. The van der Waals surface area contributed by atoms with E-state index in [1.54, 1.807) is 6.92 Å². The van der Waals surface area contributed by atoms with Crippen LogP contribution in [0.3, 0.4) is 0 Å². The molecule has 0 heterocycles. The molecule has 0 saturated heterocycles. The molecule has 11 heteroatoms. The Hall–Kier alpha value is 2.04. The van der Waals surface area contributed by atoms with Crippen molar-refractivity contribution in [3.8, 4) is 0 Å². The molecule has 0 aromatic carbocycles. The van der Waals surface area contributed by atoms with E-state index in [2.05, 4.69) is 19.1 Å². The van der Waals surface area contributed by atoms with E-state index in [4.69, 9.17) is 17.5 Å². The Kier molecular flexibility index (Phi) is 40.9. The molecule has 0 spiro atoms. The molecule has 0 fully saturated rings. The Bertz CT molecular complexity index is 481. The van der Waals surface area contributed by atoms with E-state index in [1.165, 1.54) is 19.3 Å². The van der Waals surface area contributed by atoms with Gasteiger partial charge in [0.25, 0.3) is 0 Å². The van der Waals surface area contributed by atoms with Crippen LogP contribution < -0.4 is 93.8 Å². The Morgan fingerprint density at radius 1 is 0.900 bits per heavy atom. The van der Waals surface area contributed by atoms with E-state index in [-0.39, 0.29) is 101 Å². The SMILES string of the molecule is CCCCCC[C@@H](O)C/C=C\CCCCCCC(C)C(=O)[O-].O=S(=O)([O-])[O-].[Na+].[Na+].[Na+]. The summed E-state index contributed by atoms with van der Waals surface area (Å²) in [6.45, 7) is 3.91. The van der Waals surface area contributed by atoms with Crippen LogP contribution in [0.4, 0.5) is 0 Å². The first-order valence-corrected chi connectivity index (χ1v) is 11.1. The molecule has 0 rings (SSSR count).